The van der Waals surface area contributed by atoms with Crippen molar-refractivity contribution in [3.63, 3.8) is 0 Å². The van der Waals surface area contributed by atoms with Crippen LogP contribution in [-0.4, -0.2) is 48.0 Å². The lowest BCUT2D eigenvalue weighted by molar-refractivity contribution is 0.0943. The Balaban J connectivity index is 1.63. The highest BCUT2D eigenvalue weighted by atomic mass is 32.1. The second-order valence-electron chi connectivity index (χ2n) is 5.37. The number of likely N-dealkylation sites (N-methyl/N-ethyl adjacent to an activating group) is 1. The monoisotopic (exact) mass is 281 g/mol. The van der Waals surface area contributed by atoms with E-state index in [4.69, 9.17) is 5.73 Å². The summed E-state index contributed by atoms with van der Waals surface area (Å²) in [6, 6.07) is 0.740. The fourth-order valence-electron chi connectivity index (χ4n) is 2.26. The first-order valence-electron chi connectivity index (χ1n) is 6.64. The largest absolute Gasteiger partial charge is 0.382 e. The third-order valence-corrected chi connectivity index (χ3v) is 4.49. The maximum atomic E-state index is 12.2. The van der Waals surface area contributed by atoms with Gasteiger partial charge in [0, 0.05) is 18.6 Å². The second kappa shape index (κ2) is 4.97. The Labute approximate surface area is 116 Å². The predicted molar refractivity (Wildman–Crippen MR) is 76.5 cm³/mol. The van der Waals surface area contributed by atoms with Crippen LogP contribution >= 0.6 is 11.3 Å². The zero-order chi connectivity index (χ0) is 13.4. The summed E-state index contributed by atoms with van der Waals surface area (Å²) in [6.45, 7) is 1.93. The number of thiazole rings is 1. The third-order valence-electron chi connectivity index (χ3n) is 3.49. The fourth-order valence-corrected chi connectivity index (χ4v) is 3.13. The Hall–Kier alpha value is -1.34. The molecule has 2 heterocycles. The minimum atomic E-state index is -0.0980. The summed E-state index contributed by atoms with van der Waals surface area (Å²) in [5, 5.41) is 7.06. The van der Waals surface area contributed by atoms with Crippen molar-refractivity contribution in [3.8, 4) is 0 Å². The van der Waals surface area contributed by atoms with E-state index in [1.807, 2.05) is 0 Å². The van der Waals surface area contributed by atoms with E-state index >= 15 is 0 Å². The first-order chi connectivity index (χ1) is 9.11. The van der Waals surface area contributed by atoms with Crippen LogP contribution in [0.1, 0.15) is 28.9 Å². The zero-order valence-corrected chi connectivity index (χ0v) is 11.8. The SMILES string of the molecule is CN1CCC(NC(=O)c2sc(NC3CC3)nc2N)C1. The number of carbonyl (C=O) groups is 1. The fraction of sp³-hybridized carbons (Fsp3) is 0.667. The highest BCUT2D eigenvalue weighted by Gasteiger charge is 2.26. The van der Waals surface area contributed by atoms with Gasteiger partial charge in [0.1, 0.15) is 10.7 Å². The van der Waals surface area contributed by atoms with Gasteiger partial charge in [-0.1, -0.05) is 11.3 Å². The van der Waals surface area contributed by atoms with Crippen molar-refractivity contribution in [1.29, 1.82) is 0 Å². The first-order valence-corrected chi connectivity index (χ1v) is 7.45. The number of likely N-dealkylation sites (tertiary alicyclic amines) is 1. The van der Waals surface area contributed by atoms with E-state index in [0.29, 0.717) is 16.7 Å². The predicted octanol–water partition coefficient (Wildman–Crippen LogP) is 0.733. The molecular weight excluding hydrogens is 262 g/mol. The first kappa shape index (κ1) is 12.7. The Kier molecular flexibility index (Phi) is 3.32. The van der Waals surface area contributed by atoms with Gasteiger partial charge in [0.25, 0.3) is 5.91 Å². The summed E-state index contributed by atoms with van der Waals surface area (Å²) < 4.78 is 0. The molecule has 1 saturated heterocycles. The van der Waals surface area contributed by atoms with Crippen molar-refractivity contribution < 1.29 is 4.79 Å². The summed E-state index contributed by atoms with van der Waals surface area (Å²) in [4.78, 5) is 19.1. The Morgan fingerprint density at radius 1 is 1.42 bits per heavy atom. The molecule has 0 spiro atoms. The molecule has 0 radical (unpaired) electrons. The minimum Gasteiger partial charge on any atom is -0.382 e. The standard InChI is InChI=1S/C12H19N5OS/c1-17-5-4-8(6-17)14-11(18)9-10(13)16-12(19-9)15-7-2-3-7/h7-8H,2-6,13H2,1H3,(H,14,18)(H,15,16). The third kappa shape index (κ3) is 2.98. The highest BCUT2D eigenvalue weighted by molar-refractivity contribution is 7.18. The van der Waals surface area contributed by atoms with Crippen LogP contribution in [0.15, 0.2) is 0 Å². The van der Waals surface area contributed by atoms with Gasteiger partial charge in [0.15, 0.2) is 5.13 Å². The lowest BCUT2D eigenvalue weighted by atomic mass is 10.2. The molecule has 104 valence electrons. The van der Waals surface area contributed by atoms with Gasteiger partial charge in [-0.05, 0) is 32.9 Å². The van der Waals surface area contributed by atoms with Crippen molar-refractivity contribution in [1.82, 2.24) is 15.2 Å². The highest BCUT2D eigenvalue weighted by Crippen LogP contribution is 2.30. The van der Waals surface area contributed by atoms with Crippen molar-refractivity contribution in [3.05, 3.63) is 4.88 Å². The average molecular weight is 281 g/mol. The normalized spacial score (nSPS) is 23.5. The molecule has 6 nitrogen and oxygen atoms in total. The molecule has 1 saturated carbocycles. The molecule has 1 aliphatic heterocycles. The zero-order valence-electron chi connectivity index (χ0n) is 11.0. The second-order valence-corrected chi connectivity index (χ2v) is 6.37. The molecule has 1 aromatic rings. The van der Waals surface area contributed by atoms with Crippen molar-refractivity contribution in [2.45, 2.75) is 31.3 Å². The van der Waals surface area contributed by atoms with Crippen molar-refractivity contribution in [2.75, 3.05) is 31.2 Å². The molecule has 7 heteroatoms. The number of nitrogens with two attached hydrogens (primary N) is 1. The Morgan fingerprint density at radius 2 is 2.21 bits per heavy atom. The molecule has 1 atom stereocenters. The number of carbonyl (C=O) groups excluding carboxylic acids is 1. The smallest absolute Gasteiger partial charge is 0.265 e. The van der Waals surface area contributed by atoms with Crippen molar-refractivity contribution in [2.24, 2.45) is 0 Å². The molecule has 2 fully saturated rings. The summed E-state index contributed by atoms with van der Waals surface area (Å²) in [5.41, 5.74) is 5.83. The maximum absolute atomic E-state index is 12.2. The van der Waals surface area contributed by atoms with Crippen LogP contribution in [0, 0.1) is 0 Å². The lowest BCUT2D eigenvalue weighted by Crippen LogP contribution is -2.36. The minimum absolute atomic E-state index is 0.0980. The van der Waals surface area contributed by atoms with E-state index in [0.717, 1.165) is 24.6 Å². The molecule has 4 N–H and O–H groups in total. The summed E-state index contributed by atoms with van der Waals surface area (Å²) in [5.74, 6) is 0.233. The van der Waals surface area contributed by atoms with E-state index < -0.39 is 0 Å². The van der Waals surface area contributed by atoms with Gasteiger partial charge in [0.2, 0.25) is 0 Å². The molecule has 0 bridgehead atoms. The molecule has 0 aromatic carbocycles. The van der Waals surface area contributed by atoms with Gasteiger partial charge in [-0.15, -0.1) is 0 Å². The molecule has 1 unspecified atom stereocenters. The Bertz CT molecular complexity index is 484. The van der Waals surface area contributed by atoms with Crippen LogP contribution in [-0.2, 0) is 0 Å². The maximum Gasteiger partial charge on any atom is 0.265 e. The van der Waals surface area contributed by atoms with Crippen LogP contribution < -0.4 is 16.4 Å². The molecule has 1 aromatic heterocycles. The summed E-state index contributed by atoms with van der Waals surface area (Å²) in [6.07, 6.45) is 3.35. The molecule has 3 rings (SSSR count). The number of hydrogen-bond acceptors (Lipinski definition) is 6. The van der Waals surface area contributed by atoms with Crippen LogP contribution in [0.3, 0.4) is 0 Å². The van der Waals surface area contributed by atoms with Crippen LogP contribution in [0.5, 0.6) is 0 Å². The van der Waals surface area contributed by atoms with Gasteiger partial charge in [-0.3, -0.25) is 4.79 Å². The van der Waals surface area contributed by atoms with E-state index in [2.05, 4.69) is 27.6 Å². The number of amides is 1. The molecule has 1 aliphatic carbocycles. The van der Waals surface area contributed by atoms with E-state index in [1.165, 1.54) is 24.2 Å². The topological polar surface area (TPSA) is 83.3 Å². The number of hydrogen-bond donors (Lipinski definition) is 3. The summed E-state index contributed by atoms with van der Waals surface area (Å²) >= 11 is 1.35. The average Bonchev–Trinajstić information content (AvgIpc) is 2.95. The van der Waals surface area contributed by atoms with Gasteiger partial charge in [-0.2, -0.15) is 0 Å². The quantitative estimate of drug-likeness (QED) is 0.758. The van der Waals surface area contributed by atoms with Crippen LogP contribution in [0.4, 0.5) is 10.9 Å². The van der Waals surface area contributed by atoms with E-state index in [9.17, 15) is 4.79 Å². The molecule has 1 amide bonds. The number of anilines is 2. The van der Waals surface area contributed by atoms with Gasteiger partial charge >= 0.3 is 0 Å². The number of nitrogens with zero attached hydrogens (tertiary/aromatic N) is 2. The van der Waals surface area contributed by atoms with Crippen molar-refractivity contribution >= 4 is 28.2 Å². The van der Waals surface area contributed by atoms with Crippen LogP contribution in [0.25, 0.3) is 0 Å². The molecular formula is C12H19N5OS. The number of nitrogens with one attached hydrogen (secondary N) is 2. The van der Waals surface area contributed by atoms with E-state index in [1.54, 1.807) is 0 Å². The number of aromatic nitrogens is 1. The summed E-state index contributed by atoms with van der Waals surface area (Å²) in [7, 11) is 2.06. The molecule has 19 heavy (non-hydrogen) atoms. The van der Waals surface area contributed by atoms with Gasteiger partial charge < -0.3 is 21.3 Å². The van der Waals surface area contributed by atoms with Crippen LogP contribution in [0.2, 0.25) is 0 Å². The molecule has 2 aliphatic rings. The number of nitrogen functional groups attached to an aromatic ring is 1. The number of rotatable bonds is 4. The van der Waals surface area contributed by atoms with Gasteiger partial charge in [0.05, 0.1) is 0 Å². The van der Waals surface area contributed by atoms with E-state index in [-0.39, 0.29) is 11.9 Å². The Morgan fingerprint density at radius 3 is 2.84 bits per heavy atom. The lowest BCUT2D eigenvalue weighted by Gasteiger charge is -2.11. The van der Waals surface area contributed by atoms with Gasteiger partial charge in [-0.25, -0.2) is 4.98 Å².